The van der Waals surface area contributed by atoms with Crippen molar-refractivity contribution in [2.45, 2.75) is 12.6 Å². The number of halogens is 6. The summed E-state index contributed by atoms with van der Waals surface area (Å²) in [6.07, 6.45) is -7.89. The summed E-state index contributed by atoms with van der Waals surface area (Å²) in [7, 11) is 0. The van der Waals surface area contributed by atoms with Crippen molar-refractivity contribution in [3.63, 3.8) is 0 Å². The average molecular weight is 348 g/mol. The van der Waals surface area contributed by atoms with E-state index in [9.17, 15) is 22.0 Å². The fourth-order valence-electron chi connectivity index (χ4n) is 1.08. The third-order valence-electron chi connectivity index (χ3n) is 1.69. The Labute approximate surface area is 100 Å². The number of aromatic nitrogens is 1. The Morgan fingerprint density at radius 1 is 1.38 bits per heavy atom. The van der Waals surface area contributed by atoms with Gasteiger partial charge in [-0.25, -0.2) is 13.8 Å². The van der Waals surface area contributed by atoms with Gasteiger partial charge in [0.1, 0.15) is 9.77 Å². The topological polar surface area (TPSA) is 36.7 Å². The Bertz CT molecular complexity index is 449. The van der Waals surface area contributed by atoms with Crippen LogP contribution in [-0.2, 0) is 6.18 Å². The second-order valence-electron chi connectivity index (χ2n) is 2.66. The number of rotatable bonds is 1. The van der Waals surface area contributed by atoms with Gasteiger partial charge in [0, 0.05) is 11.8 Å². The molecule has 0 aliphatic carbocycles. The summed E-state index contributed by atoms with van der Waals surface area (Å²) in [5.74, 6) is 0. The Hall–Kier alpha value is -0.980. The number of pyridine rings is 1. The monoisotopic (exact) mass is 348 g/mol. The van der Waals surface area contributed by atoms with Crippen LogP contribution in [0.25, 0.3) is 0 Å². The molecule has 0 bridgehead atoms. The molecule has 0 amide bonds. The average Bonchev–Trinajstić information content (AvgIpc) is 2.15. The number of nitrogens with zero attached hydrogens (tertiary/aromatic N) is 2. The molecule has 0 aliphatic heterocycles. The zero-order valence-corrected chi connectivity index (χ0v) is 9.47. The summed E-state index contributed by atoms with van der Waals surface area (Å²) in [5, 5.41) is 8.53. The maximum absolute atomic E-state index is 12.5. The molecule has 1 rings (SSSR count). The lowest BCUT2D eigenvalue weighted by Crippen LogP contribution is -2.14. The van der Waals surface area contributed by atoms with Crippen molar-refractivity contribution < 1.29 is 22.0 Å². The largest absolute Gasteiger partial charge is 0.418 e. The molecule has 0 atom stereocenters. The number of hydrogen-bond acceptors (Lipinski definition) is 2. The number of hydrogen-bond donors (Lipinski definition) is 0. The van der Waals surface area contributed by atoms with Gasteiger partial charge in [-0.3, -0.25) is 0 Å². The normalized spacial score (nSPS) is 11.6. The van der Waals surface area contributed by atoms with Crippen LogP contribution in [0.1, 0.15) is 23.1 Å². The molecule has 0 spiro atoms. The molecule has 2 nitrogen and oxygen atoms in total. The van der Waals surface area contributed by atoms with E-state index in [1.54, 1.807) is 0 Å². The predicted octanol–water partition coefficient (Wildman–Crippen LogP) is 3.51. The minimum Gasteiger partial charge on any atom is -0.248 e. The highest BCUT2D eigenvalue weighted by atomic mass is 127. The van der Waals surface area contributed by atoms with Crippen molar-refractivity contribution in [2.75, 3.05) is 0 Å². The van der Waals surface area contributed by atoms with E-state index in [2.05, 4.69) is 4.98 Å². The summed E-state index contributed by atoms with van der Waals surface area (Å²) >= 11 is 1.39. The van der Waals surface area contributed by atoms with Crippen LogP contribution < -0.4 is 0 Å². The maximum atomic E-state index is 12.5. The molecule has 1 aromatic heterocycles. The molecular formula is C8H2F5IN2. The molecule has 1 aromatic rings. The molecule has 0 unspecified atom stereocenters. The Morgan fingerprint density at radius 2 is 1.94 bits per heavy atom. The molecule has 1 heterocycles. The molecule has 0 saturated heterocycles. The second kappa shape index (κ2) is 4.48. The summed E-state index contributed by atoms with van der Waals surface area (Å²) in [6.45, 7) is 0. The van der Waals surface area contributed by atoms with Crippen molar-refractivity contribution in [1.82, 2.24) is 4.98 Å². The lowest BCUT2D eigenvalue weighted by Gasteiger charge is -2.14. The van der Waals surface area contributed by atoms with E-state index in [0.29, 0.717) is 6.20 Å². The molecule has 86 valence electrons. The third kappa shape index (κ3) is 2.40. The van der Waals surface area contributed by atoms with E-state index in [4.69, 9.17) is 5.26 Å². The number of alkyl halides is 5. The van der Waals surface area contributed by atoms with Gasteiger partial charge in [0.05, 0.1) is 11.1 Å². The first-order chi connectivity index (χ1) is 7.29. The first kappa shape index (κ1) is 13.1. The van der Waals surface area contributed by atoms with Crippen LogP contribution in [0.15, 0.2) is 6.20 Å². The van der Waals surface area contributed by atoms with Gasteiger partial charge in [0.15, 0.2) is 0 Å². The highest BCUT2D eigenvalue weighted by molar-refractivity contribution is 14.1. The Kier molecular flexibility index (Phi) is 3.67. The van der Waals surface area contributed by atoms with Gasteiger partial charge in [-0.15, -0.1) is 0 Å². The van der Waals surface area contributed by atoms with E-state index >= 15 is 0 Å². The fraction of sp³-hybridized carbons (Fsp3) is 0.250. The van der Waals surface area contributed by atoms with Crippen LogP contribution in [0.5, 0.6) is 0 Å². The van der Waals surface area contributed by atoms with Gasteiger partial charge in [0.2, 0.25) is 0 Å². The van der Waals surface area contributed by atoms with E-state index < -0.39 is 29.3 Å². The third-order valence-corrected chi connectivity index (χ3v) is 2.51. The van der Waals surface area contributed by atoms with Gasteiger partial charge in [-0.1, -0.05) is 0 Å². The molecule has 8 heteroatoms. The minimum atomic E-state index is -5.00. The second-order valence-corrected chi connectivity index (χ2v) is 3.69. The van der Waals surface area contributed by atoms with Gasteiger partial charge in [-0.2, -0.15) is 18.4 Å². The van der Waals surface area contributed by atoms with Gasteiger partial charge >= 0.3 is 6.18 Å². The maximum Gasteiger partial charge on any atom is 0.418 e. The lowest BCUT2D eigenvalue weighted by molar-refractivity contribution is -0.139. The lowest BCUT2D eigenvalue weighted by atomic mass is 10.1. The molecule has 0 N–H and O–H groups in total. The zero-order chi connectivity index (χ0) is 12.5. The van der Waals surface area contributed by atoms with Crippen molar-refractivity contribution in [2.24, 2.45) is 0 Å². The molecule has 0 aromatic carbocycles. The summed E-state index contributed by atoms with van der Waals surface area (Å²) in [4.78, 5) is 3.33. The standard InChI is InChI=1S/C8H2F5IN2/c9-6(10)4-2-16-7(14)3(1-15)5(4)8(11,12)13/h2,6H. The van der Waals surface area contributed by atoms with E-state index in [1.807, 2.05) is 0 Å². The van der Waals surface area contributed by atoms with Gasteiger partial charge in [-0.05, 0) is 22.6 Å². The smallest absolute Gasteiger partial charge is 0.248 e. The van der Waals surface area contributed by atoms with Gasteiger partial charge < -0.3 is 0 Å². The summed E-state index contributed by atoms with van der Waals surface area (Å²) < 4.78 is 62.0. The highest BCUT2D eigenvalue weighted by Gasteiger charge is 2.39. The van der Waals surface area contributed by atoms with Crippen molar-refractivity contribution in [1.29, 1.82) is 5.26 Å². The van der Waals surface area contributed by atoms with Crippen molar-refractivity contribution >= 4 is 22.6 Å². The van der Waals surface area contributed by atoms with Gasteiger partial charge in [0.25, 0.3) is 6.43 Å². The molecular weight excluding hydrogens is 346 g/mol. The van der Waals surface area contributed by atoms with Crippen LogP contribution >= 0.6 is 22.6 Å². The Balaban J connectivity index is 3.63. The minimum absolute atomic E-state index is 0.253. The van der Waals surface area contributed by atoms with Crippen LogP contribution in [-0.4, -0.2) is 4.98 Å². The van der Waals surface area contributed by atoms with E-state index in [0.717, 1.165) is 0 Å². The van der Waals surface area contributed by atoms with Crippen LogP contribution in [0, 0.1) is 15.0 Å². The SMILES string of the molecule is N#Cc1c(I)ncc(C(F)F)c1C(F)(F)F. The molecule has 16 heavy (non-hydrogen) atoms. The van der Waals surface area contributed by atoms with Crippen LogP contribution in [0.4, 0.5) is 22.0 Å². The molecule has 0 saturated carbocycles. The predicted molar refractivity (Wildman–Crippen MR) is 51.6 cm³/mol. The summed E-state index contributed by atoms with van der Waals surface area (Å²) in [6, 6.07) is 1.24. The quantitative estimate of drug-likeness (QED) is 0.443. The first-order valence-corrected chi connectivity index (χ1v) is 4.80. The zero-order valence-electron chi connectivity index (χ0n) is 7.32. The van der Waals surface area contributed by atoms with Crippen LogP contribution in [0.3, 0.4) is 0 Å². The van der Waals surface area contributed by atoms with Crippen molar-refractivity contribution in [3.8, 4) is 6.07 Å². The highest BCUT2D eigenvalue weighted by Crippen LogP contribution is 2.39. The van der Waals surface area contributed by atoms with E-state index in [-0.39, 0.29) is 3.70 Å². The first-order valence-electron chi connectivity index (χ1n) is 3.73. The number of nitriles is 1. The van der Waals surface area contributed by atoms with Crippen molar-refractivity contribution in [3.05, 3.63) is 26.6 Å². The fourth-order valence-corrected chi connectivity index (χ4v) is 1.61. The molecule has 0 aliphatic rings. The molecule has 0 fully saturated rings. The summed E-state index contributed by atoms with van der Waals surface area (Å²) in [5.41, 5.74) is -3.75. The Morgan fingerprint density at radius 3 is 2.31 bits per heavy atom. The molecule has 0 radical (unpaired) electrons. The van der Waals surface area contributed by atoms with E-state index in [1.165, 1.54) is 28.7 Å². The van der Waals surface area contributed by atoms with Crippen LogP contribution in [0.2, 0.25) is 0 Å².